The Morgan fingerprint density at radius 2 is 2.10 bits per heavy atom. The van der Waals surface area contributed by atoms with Crippen molar-refractivity contribution in [2.45, 2.75) is 40.2 Å². The first-order chi connectivity index (χ1) is 9.78. The molecule has 4 nitrogen and oxygen atoms in total. The zero-order valence-corrected chi connectivity index (χ0v) is 13.6. The van der Waals surface area contributed by atoms with Crippen molar-refractivity contribution in [2.75, 3.05) is 25.0 Å². The van der Waals surface area contributed by atoms with Crippen LogP contribution in [0.3, 0.4) is 0 Å². The number of aryl methyl sites for hydroxylation is 2. The quantitative estimate of drug-likeness (QED) is 0.897. The van der Waals surface area contributed by atoms with Gasteiger partial charge in [0.05, 0.1) is 6.54 Å². The monoisotopic (exact) mass is 289 g/mol. The number of nitrogens with zero attached hydrogens (tertiary/aromatic N) is 1. The van der Waals surface area contributed by atoms with Crippen LogP contribution >= 0.6 is 0 Å². The van der Waals surface area contributed by atoms with Gasteiger partial charge in [-0.2, -0.15) is 0 Å². The van der Waals surface area contributed by atoms with Gasteiger partial charge in [-0.15, -0.1) is 0 Å². The number of piperidine rings is 1. The molecule has 1 aliphatic rings. The first-order valence-electron chi connectivity index (χ1n) is 7.63. The van der Waals surface area contributed by atoms with Crippen molar-refractivity contribution in [2.24, 2.45) is 11.1 Å². The normalized spacial score (nSPS) is 22.0. The van der Waals surface area contributed by atoms with E-state index in [9.17, 15) is 4.79 Å². The minimum absolute atomic E-state index is 0.0459. The molecule has 116 valence electrons. The molecule has 1 saturated heterocycles. The van der Waals surface area contributed by atoms with Crippen molar-refractivity contribution in [3.05, 3.63) is 29.3 Å². The maximum Gasteiger partial charge on any atom is 0.238 e. The lowest BCUT2D eigenvalue weighted by atomic mass is 9.80. The maximum atomic E-state index is 12.2. The molecule has 0 spiro atoms. The molecular weight excluding hydrogens is 262 g/mol. The van der Waals surface area contributed by atoms with Gasteiger partial charge in [0.25, 0.3) is 0 Å². The summed E-state index contributed by atoms with van der Waals surface area (Å²) in [4.78, 5) is 14.4. The number of likely N-dealkylation sites (tertiary alicyclic amines) is 1. The van der Waals surface area contributed by atoms with Crippen LogP contribution in [0.25, 0.3) is 0 Å². The van der Waals surface area contributed by atoms with E-state index in [0.29, 0.717) is 6.54 Å². The number of hydrogen-bond acceptors (Lipinski definition) is 3. The van der Waals surface area contributed by atoms with E-state index in [1.165, 1.54) is 11.1 Å². The Morgan fingerprint density at radius 3 is 2.71 bits per heavy atom. The SMILES string of the molecule is Cc1ccc(NC(=O)CN2CCC(N)C(C)(C)C2)cc1C. The molecule has 2 rings (SSSR count). The Hall–Kier alpha value is -1.39. The fourth-order valence-corrected chi connectivity index (χ4v) is 2.84. The molecule has 0 aliphatic carbocycles. The van der Waals surface area contributed by atoms with Gasteiger partial charge in [-0.1, -0.05) is 19.9 Å². The Balaban J connectivity index is 1.91. The molecule has 1 amide bonds. The van der Waals surface area contributed by atoms with Gasteiger partial charge in [-0.3, -0.25) is 9.69 Å². The zero-order chi connectivity index (χ0) is 15.6. The highest BCUT2D eigenvalue weighted by atomic mass is 16.2. The van der Waals surface area contributed by atoms with E-state index < -0.39 is 0 Å². The minimum atomic E-state index is 0.0459. The molecule has 0 radical (unpaired) electrons. The van der Waals surface area contributed by atoms with Gasteiger partial charge in [0, 0.05) is 24.8 Å². The van der Waals surface area contributed by atoms with Gasteiger partial charge < -0.3 is 11.1 Å². The molecule has 3 N–H and O–H groups in total. The predicted molar refractivity (Wildman–Crippen MR) is 87.4 cm³/mol. The lowest BCUT2D eigenvalue weighted by Gasteiger charge is -2.42. The summed E-state index contributed by atoms with van der Waals surface area (Å²) in [6.45, 7) is 10.7. The van der Waals surface area contributed by atoms with E-state index in [-0.39, 0.29) is 17.4 Å². The van der Waals surface area contributed by atoms with Crippen LogP contribution in [-0.2, 0) is 4.79 Å². The van der Waals surface area contributed by atoms with Crippen molar-refractivity contribution in [3.8, 4) is 0 Å². The Labute approximate surface area is 127 Å². The molecule has 21 heavy (non-hydrogen) atoms. The number of anilines is 1. The first kappa shape index (κ1) is 16.0. The fourth-order valence-electron chi connectivity index (χ4n) is 2.84. The van der Waals surface area contributed by atoms with Gasteiger partial charge in [0.15, 0.2) is 0 Å². The second-order valence-electron chi connectivity index (χ2n) is 6.94. The maximum absolute atomic E-state index is 12.2. The van der Waals surface area contributed by atoms with Crippen molar-refractivity contribution < 1.29 is 4.79 Å². The first-order valence-corrected chi connectivity index (χ1v) is 7.63. The van der Waals surface area contributed by atoms with Crippen LogP contribution < -0.4 is 11.1 Å². The van der Waals surface area contributed by atoms with E-state index in [2.05, 4.69) is 37.9 Å². The third-order valence-electron chi connectivity index (χ3n) is 4.55. The molecule has 4 heteroatoms. The zero-order valence-electron chi connectivity index (χ0n) is 13.6. The van der Waals surface area contributed by atoms with Gasteiger partial charge in [0.1, 0.15) is 0 Å². The molecule has 0 bridgehead atoms. The summed E-state index contributed by atoms with van der Waals surface area (Å²) in [6.07, 6.45) is 0.948. The van der Waals surface area contributed by atoms with Crippen molar-refractivity contribution in [1.82, 2.24) is 4.90 Å². The summed E-state index contributed by atoms with van der Waals surface area (Å²) in [5.41, 5.74) is 9.50. The third kappa shape index (κ3) is 4.05. The van der Waals surface area contributed by atoms with Crippen molar-refractivity contribution in [3.63, 3.8) is 0 Å². The lowest BCUT2D eigenvalue weighted by molar-refractivity contribution is -0.118. The molecule has 1 aromatic rings. The molecule has 1 fully saturated rings. The van der Waals surface area contributed by atoms with E-state index >= 15 is 0 Å². The number of amides is 1. The summed E-state index contributed by atoms with van der Waals surface area (Å²) in [5, 5.41) is 2.98. The second kappa shape index (κ2) is 6.16. The fraction of sp³-hybridized carbons (Fsp3) is 0.588. The Kier molecular flexibility index (Phi) is 4.69. The van der Waals surface area contributed by atoms with Crippen LogP contribution in [-0.4, -0.2) is 36.5 Å². The molecule has 1 heterocycles. The van der Waals surface area contributed by atoms with Gasteiger partial charge >= 0.3 is 0 Å². The number of nitrogens with two attached hydrogens (primary N) is 1. The molecule has 0 aromatic heterocycles. The topological polar surface area (TPSA) is 58.4 Å². The molecule has 1 unspecified atom stereocenters. The smallest absolute Gasteiger partial charge is 0.238 e. The van der Waals surface area contributed by atoms with Crippen LogP contribution in [0.15, 0.2) is 18.2 Å². The third-order valence-corrected chi connectivity index (χ3v) is 4.55. The molecule has 0 saturated carbocycles. The number of hydrogen-bond donors (Lipinski definition) is 2. The highest BCUT2D eigenvalue weighted by molar-refractivity contribution is 5.92. The van der Waals surface area contributed by atoms with E-state index in [4.69, 9.17) is 5.73 Å². The largest absolute Gasteiger partial charge is 0.327 e. The number of carbonyl (C=O) groups is 1. The number of nitrogens with one attached hydrogen (secondary N) is 1. The van der Waals surface area contributed by atoms with Gasteiger partial charge in [-0.25, -0.2) is 0 Å². The highest BCUT2D eigenvalue weighted by Gasteiger charge is 2.33. The van der Waals surface area contributed by atoms with Crippen LogP contribution in [0.4, 0.5) is 5.69 Å². The molecular formula is C17H27N3O. The average Bonchev–Trinajstić information content (AvgIpc) is 2.38. The van der Waals surface area contributed by atoms with Crippen molar-refractivity contribution in [1.29, 1.82) is 0 Å². The number of carbonyl (C=O) groups excluding carboxylic acids is 1. The van der Waals surface area contributed by atoms with Crippen LogP contribution in [0.5, 0.6) is 0 Å². The lowest BCUT2D eigenvalue weighted by Crippen LogP contribution is -2.53. The molecule has 1 aliphatic heterocycles. The van der Waals surface area contributed by atoms with Crippen molar-refractivity contribution >= 4 is 11.6 Å². The average molecular weight is 289 g/mol. The molecule has 1 aromatic carbocycles. The number of rotatable bonds is 3. The van der Waals surface area contributed by atoms with Crippen LogP contribution in [0, 0.1) is 19.3 Å². The Morgan fingerprint density at radius 1 is 1.38 bits per heavy atom. The van der Waals surface area contributed by atoms with E-state index in [0.717, 1.165) is 25.2 Å². The summed E-state index contributed by atoms with van der Waals surface area (Å²) < 4.78 is 0. The van der Waals surface area contributed by atoms with Crippen LogP contribution in [0.1, 0.15) is 31.4 Å². The summed E-state index contributed by atoms with van der Waals surface area (Å²) in [5.74, 6) is 0.0459. The van der Waals surface area contributed by atoms with Gasteiger partial charge in [0.2, 0.25) is 5.91 Å². The van der Waals surface area contributed by atoms with E-state index in [1.807, 2.05) is 18.2 Å². The summed E-state index contributed by atoms with van der Waals surface area (Å²) in [7, 11) is 0. The minimum Gasteiger partial charge on any atom is -0.327 e. The van der Waals surface area contributed by atoms with Crippen LogP contribution in [0.2, 0.25) is 0 Å². The predicted octanol–water partition coefficient (Wildman–Crippen LogP) is 2.30. The summed E-state index contributed by atoms with van der Waals surface area (Å²) in [6, 6.07) is 6.23. The Bertz CT molecular complexity index is 525. The summed E-state index contributed by atoms with van der Waals surface area (Å²) >= 11 is 0. The molecule has 1 atom stereocenters. The van der Waals surface area contributed by atoms with Gasteiger partial charge in [-0.05, 0) is 48.9 Å². The standard InChI is InChI=1S/C17H27N3O/c1-12-5-6-14(9-13(12)2)19-16(21)10-20-8-7-15(18)17(3,4)11-20/h5-6,9,15H,7-8,10-11,18H2,1-4H3,(H,19,21). The number of benzene rings is 1. The van der Waals surface area contributed by atoms with E-state index in [1.54, 1.807) is 0 Å². The highest BCUT2D eigenvalue weighted by Crippen LogP contribution is 2.27. The second-order valence-corrected chi connectivity index (χ2v) is 6.94.